The molecule has 0 radical (unpaired) electrons. The van der Waals surface area contributed by atoms with Crippen LogP contribution in [0.4, 0.5) is 11.4 Å². The molecule has 5 nitrogen and oxygen atoms in total. The monoisotopic (exact) mass is 244 g/mol. The number of aromatic nitrogens is 1. The molecule has 0 bridgehead atoms. The molecule has 1 aromatic heterocycles. The van der Waals surface area contributed by atoms with Crippen molar-refractivity contribution in [3.8, 4) is 0 Å². The van der Waals surface area contributed by atoms with E-state index in [1.807, 2.05) is 0 Å². The number of nitrogens with two attached hydrogens (primary N) is 1. The first-order chi connectivity index (χ1) is 7.18. The fraction of sp³-hybridized carbons (Fsp3) is 0.500. The number of anilines is 2. The summed E-state index contributed by atoms with van der Waals surface area (Å²) in [5.41, 5.74) is 7.26. The van der Waals surface area contributed by atoms with E-state index in [0.29, 0.717) is 5.69 Å². The zero-order chi connectivity index (χ0) is 10.8. The fourth-order valence-electron chi connectivity index (χ4n) is 1.96. The van der Waals surface area contributed by atoms with Crippen LogP contribution in [0.15, 0.2) is 12.3 Å². The van der Waals surface area contributed by atoms with E-state index in [9.17, 15) is 5.21 Å². The summed E-state index contributed by atoms with van der Waals surface area (Å²) in [6.07, 6.45) is 4.98. The number of halogens is 1. The predicted molar refractivity (Wildman–Crippen MR) is 65.2 cm³/mol. The van der Waals surface area contributed by atoms with E-state index in [-0.39, 0.29) is 17.9 Å². The van der Waals surface area contributed by atoms with E-state index in [1.165, 1.54) is 25.5 Å². The molecule has 2 heterocycles. The van der Waals surface area contributed by atoms with E-state index in [0.717, 1.165) is 23.5 Å². The van der Waals surface area contributed by atoms with Gasteiger partial charge in [-0.15, -0.1) is 12.4 Å². The molecule has 0 amide bonds. The summed E-state index contributed by atoms with van der Waals surface area (Å²) in [4.78, 5) is 2.18. The number of nitrogens with one attached hydrogen (secondary N) is 1. The average Bonchev–Trinajstić information content (AvgIpc) is 2.25. The van der Waals surface area contributed by atoms with E-state index >= 15 is 0 Å². The molecule has 90 valence electrons. The van der Waals surface area contributed by atoms with Gasteiger partial charge in [-0.1, -0.05) is 0 Å². The minimum atomic E-state index is 0. The van der Waals surface area contributed by atoms with Gasteiger partial charge in [0.2, 0.25) is 0 Å². The van der Waals surface area contributed by atoms with Crippen LogP contribution in [0.1, 0.15) is 19.3 Å². The van der Waals surface area contributed by atoms with E-state index in [2.05, 4.69) is 4.90 Å². The van der Waals surface area contributed by atoms with Crippen LogP contribution in [0.2, 0.25) is 0 Å². The Bertz CT molecular complexity index is 412. The minimum Gasteiger partial charge on any atom is -0.427 e. The molecule has 1 saturated heterocycles. The maximum atomic E-state index is 9.25. The molecule has 0 aliphatic carbocycles. The van der Waals surface area contributed by atoms with Crippen molar-refractivity contribution < 1.29 is 5.21 Å². The third-order valence-corrected chi connectivity index (χ3v) is 2.77. The van der Waals surface area contributed by atoms with Crippen LogP contribution in [-0.2, 0) is 0 Å². The molecule has 0 saturated carbocycles. The van der Waals surface area contributed by atoms with Crippen molar-refractivity contribution in [2.75, 3.05) is 23.7 Å². The van der Waals surface area contributed by atoms with Crippen molar-refractivity contribution in [2.24, 2.45) is 0 Å². The first kappa shape index (κ1) is 12.7. The Kier molecular flexibility index (Phi) is 4.06. The standard InChI is InChI=1S/C10H16N4O.ClH/c11-8-7-14(15)10(12)6-9(8)13-4-2-1-3-5-13;/h6-7,12,15H,1-5,11H2;1H. The first-order valence-corrected chi connectivity index (χ1v) is 5.19. The molecule has 2 rings (SSSR count). The van der Waals surface area contributed by atoms with Gasteiger partial charge in [0.1, 0.15) is 0 Å². The second-order valence-corrected chi connectivity index (χ2v) is 3.89. The van der Waals surface area contributed by atoms with Crippen molar-refractivity contribution in [1.82, 2.24) is 4.73 Å². The summed E-state index contributed by atoms with van der Waals surface area (Å²) in [7, 11) is 0. The third-order valence-electron chi connectivity index (χ3n) is 2.77. The van der Waals surface area contributed by atoms with Gasteiger partial charge in [0.05, 0.1) is 17.6 Å². The van der Waals surface area contributed by atoms with Gasteiger partial charge >= 0.3 is 0 Å². The van der Waals surface area contributed by atoms with Crippen molar-refractivity contribution in [3.05, 3.63) is 17.8 Å². The highest BCUT2D eigenvalue weighted by molar-refractivity contribution is 5.85. The second-order valence-electron chi connectivity index (χ2n) is 3.89. The zero-order valence-corrected chi connectivity index (χ0v) is 9.83. The smallest absolute Gasteiger partial charge is 0.162 e. The maximum Gasteiger partial charge on any atom is 0.162 e. The summed E-state index contributed by atoms with van der Waals surface area (Å²) < 4.78 is 0.739. The number of pyridine rings is 1. The third kappa shape index (κ3) is 2.41. The highest BCUT2D eigenvalue weighted by atomic mass is 35.5. The largest absolute Gasteiger partial charge is 0.427 e. The molecule has 6 heteroatoms. The van der Waals surface area contributed by atoms with Gasteiger partial charge in [-0.2, -0.15) is 4.73 Å². The number of hydrogen-bond donors (Lipinski definition) is 3. The van der Waals surface area contributed by atoms with Crippen LogP contribution in [-0.4, -0.2) is 23.0 Å². The van der Waals surface area contributed by atoms with Gasteiger partial charge in [-0.3, -0.25) is 5.41 Å². The van der Waals surface area contributed by atoms with Crippen LogP contribution in [0.3, 0.4) is 0 Å². The zero-order valence-electron chi connectivity index (χ0n) is 9.02. The van der Waals surface area contributed by atoms with Gasteiger partial charge in [-0.05, 0) is 19.3 Å². The topological polar surface area (TPSA) is 78.3 Å². The predicted octanol–water partition coefficient (Wildman–Crippen LogP) is 1.20. The summed E-state index contributed by atoms with van der Waals surface area (Å²) >= 11 is 0. The Balaban J connectivity index is 0.00000128. The molecule has 1 aliphatic heterocycles. The average molecular weight is 245 g/mol. The van der Waals surface area contributed by atoms with Gasteiger partial charge < -0.3 is 15.8 Å². The fourth-order valence-corrected chi connectivity index (χ4v) is 1.96. The van der Waals surface area contributed by atoms with Gasteiger partial charge in [0.25, 0.3) is 0 Å². The lowest BCUT2D eigenvalue weighted by Gasteiger charge is -2.29. The van der Waals surface area contributed by atoms with Crippen LogP contribution in [0, 0.1) is 5.41 Å². The summed E-state index contributed by atoms with van der Waals surface area (Å²) in [6, 6.07) is 1.61. The lowest BCUT2D eigenvalue weighted by molar-refractivity contribution is 0.171. The normalized spacial score (nSPS) is 15.6. The number of rotatable bonds is 1. The van der Waals surface area contributed by atoms with Crippen LogP contribution in [0.5, 0.6) is 0 Å². The molecule has 1 aliphatic rings. The molecule has 0 unspecified atom stereocenters. The number of nitrogens with zero attached hydrogens (tertiary/aromatic N) is 2. The van der Waals surface area contributed by atoms with Crippen molar-refractivity contribution in [2.45, 2.75) is 19.3 Å². The summed E-state index contributed by atoms with van der Waals surface area (Å²) in [5.74, 6) is 0. The molecule has 0 spiro atoms. The van der Waals surface area contributed by atoms with E-state index in [1.54, 1.807) is 6.07 Å². The Labute approximate surface area is 100 Å². The molecule has 16 heavy (non-hydrogen) atoms. The van der Waals surface area contributed by atoms with Gasteiger partial charge in [-0.25, -0.2) is 0 Å². The minimum absolute atomic E-state index is 0. The lowest BCUT2D eigenvalue weighted by Crippen LogP contribution is -2.32. The summed E-state index contributed by atoms with van der Waals surface area (Å²) in [5, 5.41) is 16.8. The Morgan fingerprint density at radius 1 is 1.25 bits per heavy atom. The highest BCUT2D eigenvalue weighted by Gasteiger charge is 2.14. The lowest BCUT2D eigenvalue weighted by atomic mass is 10.1. The van der Waals surface area contributed by atoms with Crippen LogP contribution >= 0.6 is 12.4 Å². The first-order valence-electron chi connectivity index (χ1n) is 5.19. The maximum absolute atomic E-state index is 9.25. The number of hydrogen-bond acceptors (Lipinski definition) is 4. The van der Waals surface area contributed by atoms with Crippen LogP contribution < -0.4 is 16.1 Å². The highest BCUT2D eigenvalue weighted by Crippen LogP contribution is 2.23. The number of nitrogen functional groups attached to an aromatic ring is 1. The van der Waals surface area contributed by atoms with Crippen LogP contribution in [0.25, 0.3) is 0 Å². The Hall–Kier alpha value is -1.36. The van der Waals surface area contributed by atoms with E-state index < -0.39 is 0 Å². The molecule has 0 aromatic carbocycles. The SMILES string of the molecule is Cl.N=c1cc(N2CCCCC2)c(N)cn1O. The van der Waals surface area contributed by atoms with Gasteiger partial charge in [0.15, 0.2) is 5.49 Å². The van der Waals surface area contributed by atoms with E-state index in [4.69, 9.17) is 11.1 Å². The Morgan fingerprint density at radius 3 is 2.50 bits per heavy atom. The van der Waals surface area contributed by atoms with Crippen molar-refractivity contribution >= 4 is 23.8 Å². The summed E-state index contributed by atoms with van der Waals surface area (Å²) in [6.45, 7) is 1.97. The molecule has 4 N–H and O–H groups in total. The quantitative estimate of drug-likeness (QED) is 0.650. The molecule has 1 aromatic rings. The molecule has 0 atom stereocenters. The van der Waals surface area contributed by atoms with Crippen molar-refractivity contribution in [3.63, 3.8) is 0 Å². The number of piperidine rings is 1. The van der Waals surface area contributed by atoms with Gasteiger partial charge in [0, 0.05) is 19.2 Å². The second kappa shape index (κ2) is 5.12. The van der Waals surface area contributed by atoms with Crippen molar-refractivity contribution in [1.29, 1.82) is 5.41 Å². The Morgan fingerprint density at radius 2 is 1.88 bits per heavy atom. The molecular formula is C10H17ClN4O. The molecular weight excluding hydrogens is 228 g/mol. The molecule has 1 fully saturated rings.